The first-order valence-electron chi connectivity index (χ1n) is 8.21. The predicted molar refractivity (Wildman–Crippen MR) is 86.7 cm³/mol. The van der Waals surface area contributed by atoms with Gasteiger partial charge in [0.25, 0.3) is 0 Å². The molecule has 2 N–H and O–H groups in total. The van der Waals surface area contributed by atoms with Crippen LogP contribution < -0.4 is 5.73 Å². The van der Waals surface area contributed by atoms with Gasteiger partial charge in [0.1, 0.15) is 0 Å². The van der Waals surface area contributed by atoms with Gasteiger partial charge in [-0.2, -0.15) is 0 Å². The molecule has 0 bridgehead atoms. The molecule has 0 heterocycles. The maximum absolute atomic E-state index is 12.7. The molecule has 1 aromatic carbocycles. The molecule has 1 aromatic rings. The predicted octanol–water partition coefficient (Wildman–Crippen LogP) is 3.33. The molecule has 0 radical (unpaired) electrons. The lowest BCUT2D eigenvalue weighted by Crippen LogP contribution is -2.40. The molecule has 0 atom stereocenters. The molecule has 0 spiro atoms. The Hall–Kier alpha value is -1.35. The molecular formula is C18H28N2O. The number of carbonyl (C=O) groups excluding carboxylic acids is 1. The molecule has 0 aliphatic heterocycles. The summed E-state index contributed by atoms with van der Waals surface area (Å²) >= 11 is 0. The van der Waals surface area contributed by atoms with Crippen molar-refractivity contribution in [1.82, 2.24) is 4.90 Å². The summed E-state index contributed by atoms with van der Waals surface area (Å²) in [5, 5.41) is 0. The number of rotatable bonds is 6. The summed E-state index contributed by atoms with van der Waals surface area (Å²) in [6, 6.07) is 10.2. The topological polar surface area (TPSA) is 46.3 Å². The van der Waals surface area contributed by atoms with Gasteiger partial charge in [-0.3, -0.25) is 4.79 Å². The summed E-state index contributed by atoms with van der Waals surface area (Å²) in [5.41, 5.74) is 7.26. The molecule has 1 amide bonds. The van der Waals surface area contributed by atoms with E-state index in [2.05, 4.69) is 19.1 Å². The van der Waals surface area contributed by atoms with Gasteiger partial charge >= 0.3 is 0 Å². The Morgan fingerprint density at radius 2 is 1.86 bits per heavy atom. The summed E-state index contributed by atoms with van der Waals surface area (Å²) in [7, 11) is 0. The quantitative estimate of drug-likeness (QED) is 0.872. The van der Waals surface area contributed by atoms with Crippen LogP contribution in [0.15, 0.2) is 30.3 Å². The van der Waals surface area contributed by atoms with Crippen molar-refractivity contribution in [2.24, 2.45) is 11.1 Å². The standard InChI is InChI=1S/C18H28N2O/c1-2-20(14-16-9-5-3-6-10-16)17(21)13-18(15-19)11-7-4-8-12-18/h3,5-6,9-10H,2,4,7-8,11-15,19H2,1H3. The molecule has 0 saturated heterocycles. The van der Waals surface area contributed by atoms with E-state index in [1.54, 1.807) is 0 Å². The highest BCUT2D eigenvalue weighted by molar-refractivity contribution is 5.77. The van der Waals surface area contributed by atoms with Crippen LogP contribution in [0.3, 0.4) is 0 Å². The smallest absolute Gasteiger partial charge is 0.223 e. The lowest BCUT2D eigenvalue weighted by atomic mass is 9.71. The zero-order valence-corrected chi connectivity index (χ0v) is 13.2. The number of carbonyl (C=O) groups is 1. The molecule has 3 heteroatoms. The van der Waals surface area contributed by atoms with Crippen LogP contribution in [-0.4, -0.2) is 23.9 Å². The van der Waals surface area contributed by atoms with E-state index >= 15 is 0 Å². The number of hydrogen-bond donors (Lipinski definition) is 1. The van der Waals surface area contributed by atoms with Crippen LogP contribution in [0.2, 0.25) is 0 Å². The largest absolute Gasteiger partial charge is 0.339 e. The van der Waals surface area contributed by atoms with Crippen LogP contribution in [0.5, 0.6) is 0 Å². The third kappa shape index (κ3) is 4.31. The van der Waals surface area contributed by atoms with E-state index in [1.807, 2.05) is 23.1 Å². The van der Waals surface area contributed by atoms with Gasteiger partial charge in [-0.25, -0.2) is 0 Å². The molecule has 0 aromatic heterocycles. The van der Waals surface area contributed by atoms with E-state index in [4.69, 9.17) is 5.73 Å². The van der Waals surface area contributed by atoms with Gasteiger partial charge in [-0.15, -0.1) is 0 Å². The first-order chi connectivity index (χ1) is 10.2. The van der Waals surface area contributed by atoms with Crippen molar-refractivity contribution in [3.63, 3.8) is 0 Å². The highest BCUT2D eigenvalue weighted by Crippen LogP contribution is 2.38. The van der Waals surface area contributed by atoms with Crippen molar-refractivity contribution in [2.75, 3.05) is 13.1 Å². The van der Waals surface area contributed by atoms with Gasteiger partial charge in [-0.1, -0.05) is 49.6 Å². The van der Waals surface area contributed by atoms with Gasteiger partial charge in [0.2, 0.25) is 5.91 Å². The minimum Gasteiger partial charge on any atom is -0.339 e. The van der Waals surface area contributed by atoms with E-state index < -0.39 is 0 Å². The lowest BCUT2D eigenvalue weighted by molar-refractivity contribution is -0.134. The Kier molecular flexibility index (Phi) is 5.80. The monoisotopic (exact) mass is 288 g/mol. The van der Waals surface area contributed by atoms with Gasteiger partial charge in [0, 0.05) is 19.5 Å². The average Bonchev–Trinajstić information content (AvgIpc) is 2.54. The molecule has 116 valence electrons. The second kappa shape index (κ2) is 7.60. The molecule has 1 saturated carbocycles. The van der Waals surface area contributed by atoms with E-state index in [0.717, 1.165) is 19.4 Å². The van der Waals surface area contributed by atoms with Gasteiger partial charge in [0.15, 0.2) is 0 Å². The van der Waals surface area contributed by atoms with E-state index in [9.17, 15) is 4.79 Å². The molecule has 2 rings (SSSR count). The number of nitrogens with two attached hydrogens (primary N) is 1. The minimum atomic E-state index is 0.0550. The van der Waals surface area contributed by atoms with Crippen molar-refractivity contribution in [2.45, 2.75) is 52.0 Å². The third-order valence-electron chi connectivity index (χ3n) is 4.82. The van der Waals surface area contributed by atoms with Crippen LogP contribution in [0, 0.1) is 5.41 Å². The Morgan fingerprint density at radius 1 is 1.19 bits per heavy atom. The first-order valence-corrected chi connectivity index (χ1v) is 8.21. The van der Waals surface area contributed by atoms with Crippen molar-refractivity contribution in [1.29, 1.82) is 0 Å². The summed E-state index contributed by atoms with van der Waals surface area (Å²) in [6.45, 7) is 4.16. The summed E-state index contributed by atoms with van der Waals surface area (Å²) < 4.78 is 0. The van der Waals surface area contributed by atoms with Gasteiger partial charge < -0.3 is 10.6 Å². The second-order valence-corrected chi connectivity index (χ2v) is 6.34. The highest BCUT2D eigenvalue weighted by Gasteiger charge is 2.34. The van der Waals surface area contributed by atoms with Crippen LogP contribution in [0.25, 0.3) is 0 Å². The van der Waals surface area contributed by atoms with Crippen molar-refractivity contribution in [3.05, 3.63) is 35.9 Å². The molecule has 1 aliphatic carbocycles. The van der Waals surface area contributed by atoms with E-state index in [-0.39, 0.29) is 11.3 Å². The lowest BCUT2D eigenvalue weighted by Gasteiger charge is -2.37. The average molecular weight is 288 g/mol. The Balaban J connectivity index is 1.99. The summed E-state index contributed by atoms with van der Waals surface area (Å²) in [4.78, 5) is 14.6. The number of benzene rings is 1. The fourth-order valence-electron chi connectivity index (χ4n) is 3.37. The fourth-order valence-corrected chi connectivity index (χ4v) is 3.37. The number of hydrogen-bond acceptors (Lipinski definition) is 2. The van der Waals surface area contributed by atoms with Crippen molar-refractivity contribution in [3.8, 4) is 0 Å². The Labute approximate surface area is 128 Å². The van der Waals surface area contributed by atoms with Crippen molar-refractivity contribution >= 4 is 5.91 Å². The van der Waals surface area contributed by atoms with Crippen LogP contribution in [-0.2, 0) is 11.3 Å². The molecular weight excluding hydrogens is 260 g/mol. The summed E-state index contributed by atoms with van der Waals surface area (Å²) in [6.07, 6.45) is 6.56. The Morgan fingerprint density at radius 3 is 2.43 bits per heavy atom. The maximum atomic E-state index is 12.7. The zero-order valence-electron chi connectivity index (χ0n) is 13.2. The number of nitrogens with zero attached hydrogens (tertiary/aromatic N) is 1. The van der Waals surface area contributed by atoms with Crippen LogP contribution >= 0.6 is 0 Å². The Bertz CT molecular complexity index is 438. The molecule has 21 heavy (non-hydrogen) atoms. The fraction of sp³-hybridized carbons (Fsp3) is 0.611. The van der Waals surface area contributed by atoms with E-state index in [1.165, 1.54) is 24.8 Å². The molecule has 1 aliphatic rings. The van der Waals surface area contributed by atoms with E-state index in [0.29, 0.717) is 19.5 Å². The molecule has 1 fully saturated rings. The zero-order chi connectivity index (χ0) is 15.1. The van der Waals surface area contributed by atoms with Crippen LogP contribution in [0.1, 0.15) is 51.0 Å². The maximum Gasteiger partial charge on any atom is 0.223 e. The third-order valence-corrected chi connectivity index (χ3v) is 4.82. The van der Waals surface area contributed by atoms with Crippen LogP contribution in [0.4, 0.5) is 0 Å². The second-order valence-electron chi connectivity index (χ2n) is 6.34. The normalized spacial score (nSPS) is 17.4. The molecule has 3 nitrogen and oxygen atoms in total. The van der Waals surface area contributed by atoms with Gasteiger partial charge in [-0.05, 0) is 37.3 Å². The number of amides is 1. The minimum absolute atomic E-state index is 0.0550. The SMILES string of the molecule is CCN(Cc1ccccc1)C(=O)CC1(CN)CCCCC1. The van der Waals surface area contributed by atoms with Crippen molar-refractivity contribution < 1.29 is 4.79 Å². The first kappa shape index (κ1) is 16.0. The highest BCUT2D eigenvalue weighted by atomic mass is 16.2. The van der Waals surface area contributed by atoms with Gasteiger partial charge in [0.05, 0.1) is 0 Å². The molecule has 0 unspecified atom stereocenters. The summed E-state index contributed by atoms with van der Waals surface area (Å²) in [5.74, 6) is 0.258.